The zero-order chi connectivity index (χ0) is 18.2. The van der Waals surface area contributed by atoms with Crippen molar-refractivity contribution >= 4 is 5.91 Å². The standard InChI is InChI=1S/C22H24N2O2/c1-23(17-21-13-8-14-26-21)22(25)18-24(15-19-9-4-2-5-10-19)16-20-11-6-3-7-12-20/h2-14H,15-18H2,1H3. The summed E-state index contributed by atoms with van der Waals surface area (Å²) in [5.41, 5.74) is 2.40. The lowest BCUT2D eigenvalue weighted by Gasteiger charge is -2.25. The van der Waals surface area contributed by atoms with Crippen LogP contribution in [0.25, 0.3) is 0 Å². The molecular weight excluding hydrogens is 324 g/mol. The molecule has 0 unspecified atom stereocenters. The Morgan fingerprint density at radius 3 is 1.88 bits per heavy atom. The topological polar surface area (TPSA) is 36.7 Å². The maximum absolute atomic E-state index is 12.7. The molecule has 0 N–H and O–H groups in total. The van der Waals surface area contributed by atoms with Gasteiger partial charge in [-0.25, -0.2) is 0 Å². The fraction of sp³-hybridized carbons (Fsp3) is 0.227. The number of likely N-dealkylation sites (N-methyl/N-ethyl adjacent to an activating group) is 1. The van der Waals surface area contributed by atoms with Gasteiger partial charge >= 0.3 is 0 Å². The van der Waals surface area contributed by atoms with Crippen LogP contribution in [-0.4, -0.2) is 29.3 Å². The van der Waals surface area contributed by atoms with Crippen LogP contribution in [0.4, 0.5) is 0 Å². The molecule has 3 rings (SSSR count). The van der Waals surface area contributed by atoms with E-state index in [2.05, 4.69) is 29.2 Å². The third-order valence-electron chi connectivity index (χ3n) is 4.26. The molecule has 0 fully saturated rings. The van der Waals surface area contributed by atoms with Crippen LogP contribution in [0.3, 0.4) is 0 Å². The number of carbonyl (C=O) groups excluding carboxylic acids is 1. The fourth-order valence-corrected chi connectivity index (χ4v) is 2.89. The van der Waals surface area contributed by atoms with Gasteiger partial charge in [0.25, 0.3) is 0 Å². The normalized spacial score (nSPS) is 10.8. The van der Waals surface area contributed by atoms with Crippen LogP contribution < -0.4 is 0 Å². The Morgan fingerprint density at radius 2 is 1.38 bits per heavy atom. The van der Waals surface area contributed by atoms with Crippen LogP contribution in [0.2, 0.25) is 0 Å². The summed E-state index contributed by atoms with van der Waals surface area (Å²) in [7, 11) is 1.81. The SMILES string of the molecule is CN(Cc1ccco1)C(=O)CN(Cc1ccccc1)Cc1ccccc1. The van der Waals surface area contributed by atoms with Gasteiger partial charge in [0.1, 0.15) is 5.76 Å². The van der Waals surface area contributed by atoms with E-state index in [-0.39, 0.29) is 5.91 Å². The second-order valence-corrected chi connectivity index (χ2v) is 6.45. The van der Waals surface area contributed by atoms with Crippen molar-refractivity contribution in [2.24, 2.45) is 0 Å². The molecule has 1 aromatic heterocycles. The molecule has 3 aromatic rings. The minimum atomic E-state index is 0.0771. The molecule has 0 spiro atoms. The highest BCUT2D eigenvalue weighted by Crippen LogP contribution is 2.11. The number of amides is 1. The predicted molar refractivity (Wildman–Crippen MR) is 102 cm³/mol. The van der Waals surface area contributed by atoms with Gasteiger partial charge in [0.05, 0.1) is 19.4 Å². The number of nitrogens with zero attached hydrogens (tertiary/aromatic N) is 2. The molecule has 0 aliphatic carbocycles. The van der Waals surface area contributed by atoms with Crippen LogP contribution in [0.1, 0.15) is 16.9 Å². The quantitative estimate of drug-likeness (QED) is 0.619. The van der Waals surface area contributed by atoms with E-state index in [1.807, 2.05) is 55.6 Å². The van der Waals surface area contributed by atoms with Crippen LogP contribution in [0.5, 0.6) is 0 Å². The van der Waals surface area contributed by atoms with Crippen molar-refractivity contribution in [2.45, 2.75) is 19.6 Å². The third-order valence-corrected chi connectivity index (χ3v) is 4.26. The van der Waals surface area contributed by atoms with E-state index in [1.54, 1.807) is 11.2 Å². The molecule has 4 heteroatoms. The molecule has 0 radical (unpaired) electrons. The summed E-state index contributed by atoms with van der Waals surface area (Å²) in [6.07, 6.45) is 1.63. The highest BCUT2D eigenvalue weighted by atomic mass is 16.3. The first-order valence-electron chi connectivity index (χ1n) is 8.77. The Balaban J connectivity index is 1.66. The zero-order valence-corrected chi connectivity index (χ0v) is 15.0. The summed E-state index contributed by atoms with van der Waals surface area (Å²) in [5, 5.41) is 0. The lowest BCUT2D eigenvalue weighted by Crippen LogP contribution is -2.37. The van der Waals surface area contributed by atoms with E-state index < -0.39 is 0 Å². The fourth-order valence-electron chi connectivity index (χ4n) is 2.89. The second kappa shape index (κ2) is 9.02. The smallest absolute Gasteiger partial charge is 0.236 e. The Bertz CT molecular complexity index is 744. The lowest BCUT2D eigenvalue weighted by molar-refractivity contribution is -0.132. The first-order chi connectivity index (χ1) is 12.7. The van der Waals surface area contributed by atoms with Crippen molar-refractivity contribution in [1.29, 1.82) is 0 Å². The first-order valence-corrected chi connectivity index (χ1v) is 8.77. The molecule has 1 heterocycles. The van der Waals surface area contributed by atoms with Gasteiger partial charge in [-0.05, 0) is 23.3 Å². The van der Waals surface area contributed by atoms with Crippen molar-refractivity contribution < 1.29 is 9.21 Å². The van der Waals surface area contributed by atoms with Crippen molar-refractivity contribution in [3.63, 3.8) is 0 Å². The van der Waals surface area contributed by atoms with Crippen molar-refractivity contribution in [2.75, 3.05) is 13.6 Å². The van der Waals surface area contributed by atoms with Crippen LogP contribution in [-0.2, 0) is 24.4 Å². The van der Waals surface area contributed by atoms with Gasteiger partial charge in [-0.1, -0.05) is 60.7 Å². The zero-order valence-electron chi connectivity index (χ0n) is 15.0. The molecule has 0 atom stereocenters. The molecule has 1 amide bonds. The molecular formula is C22H24N2O2. The highest BCUT2D eigenvalue weighted by Gasteiger charge is 2.16. The summed E-state index contributed by atoms with van der Waals surface area (Å²) in [6, 6.07) is 24.2. The average Bonchev–Trinajstić information content (AvgIpc) is 3.16. The minimum absolute atomic E-state index is 0.0771. The van der Waals surface area contributed by atoms with Crippen LogP contribution >= 0.6 is 0 Å². The first kappa shape index (κ1) is 18.0. The van der Waals surface area contributed by atoms with E-state index in [4.69, 9.17) is 4.42 Å². The van der Waals surface area contributed by atoms with Crippen LogP contribution in [0, 0.1) is 0 Å². The Kier molecular flexibility index (Phi) is 6.23. The van der Waals surface area contributed by atoms with Crippen molar-refractivity contribution in [1.82, 2.24) is 9.80 Å². The highest BCUT2D eigenvalue weighted by molar-refractivity contribution is 5.77. The molecule has 2 aromatic carbocycles. The van der Waals surface area contributed by atoms with Crippen molar-refractivity contribution in [3.8, 4) is 0 Å². The maximum Gasteiger partial charge on any atom is 0.236 e. The van der Waals surface area contributed by atoms with Gasteiger partial charge in [-0.3, -0.25) is 9.69 Å². The molecule has 134 valence electrons. The van der Waals surface area contributed by atoms with Crippen LogP contribution in [0.15, 0.2) is 83.5 Å². The molecule has 4 nitrogen and oxygen atoms in total. The Morgan fingerprint density at radius 1 is 0.808 bits per heavy atom. The maximum atomic E-state index is 12.7. The van der Waals surface area contributed by atoms with Gasteiger partial charge in [0.15, 0.2) is 0 Å². The molecule has 0 aliphatic heterocycles. The van der Waals surface area contributed by atoms with E-state index in [0.717, 1.165) is 18.8 Å². The summed E-state index contributed by atoms with van der Waals surface area (Å²) in [4.78, 5) is 16.6. The summed E-state index contributed by atoms with van der Waals surface area (Å²) in [5.74, 6) is 0.867. The van der Waals surface area contributed by atoms with Gasteiger partial charge in [-0.2, -0.15) is 0 Å². The van der Waals surface area contributed by atoms with Crippen molar-refractivity contribution in [3.05, 3.63) is 95.9 Å². The number of furan rings is 1. The second-order valence-electron chi connectivity index (χ2n) is 6.45. The van der Waals surface area contributed by atoms with E-state index in [9.17, 15) is 4.79 Å². The molecule has 26 heavy (non-hydrogen) atoms. The monoisotopic (exact) mass is 348 g/mol. The minimum Gasteiger partial charge on any atom is -0.467 e. The Labute approximate surface area is 154 Å². The third kappa shape index (κ3) is 5.33. The van der Waals surface area contributed by atoms with Gasteiger partial charge in [-0.15, -0.1) is 0 Å². The Hall–Kier alpha value is -2.85. The van der Waals surface area contributed by atoms with Gasteiger partial charge < -0.3 is 9.32 Å². The number of carbonyl (C=O) groups is 1. The van der Waals surface area contributed by atoms with E-state index in [0.29, 0.717) is 13.1 Å². The van der Waals surface area contributed by atoms with Gasteiger partial charge in [0.2, 0.25) is 5.91 Å². The number of rotatable bonds is 8. The lowest BCUT2D eigenvalue weighted by atomic mass is 10.1. The largest absolute Gasteiger partial charge is 0.467 e. The molecule has 0 aliphatic rings. The van der Waals surface area contributed by atoms with E-state index >= 15 is 0 Å². The molecule has 0 saturated carbocycles. The summed E-state index contributed by atoms with van der Waals surface area (Å²) in [6.45, 7) is 2.31. The predicted octanol–water partition coefficient (Wildman–Crippen LogP) is 3.94. The summed E-state index contributed by atoms with van der Waals surface area (Å²) < 4.78 is 5.34. The number of hydrogen-bond acceptors (Lipinski definition) is 3. The average molecular weight is 348 g/mol. The van der Waals surface area contributed by atoms with Gasteiger partial charge in [0, 0.05) is 20.1 Å². The summed E-state index contributed by atoms with van der Waals surface area (Å²) >= 11 is 0. The van der Waals surface area contributed by atoms with E-state index in [1.165, 1.54) is 11.1 Å². The molecule has 0 saturated heterocycles. The number of benzene rings is 2. The molecule has 0 bridgehead atoms. The number of hydrogen-bond donors (Lipinski definition) is 0.